The smallest absolute Gasteiger partial charge is 0.227 e. The maximum atomic E-state index is 12.3. The van der Waals surface area contributed by atoms with Gasteiger partial charge < -0.3 is 10.2 Å². The van der Waals surface area contributed by atoms with E-state index < -0.39 is 0 Å². The lowest BCUT2D eigenvalue weighted by Crippen LogP contribution is -2.56. The van der Waals surface area contributed by atoms with Crippen LogP contribution in [0.25, 0.3) is 0 Å². The molecule has 1 aliphatic rings. The van der Waals surface area contributed by atoms with Gasteiger partial charge >= 0.3 is 0 Å². The number of hydrogen-bond acceptors (Lipinski definition) is 2. The second-order valence-electron chi connectivity index (χ2n) is 5.01. The Balaban J connectivity index is 0.00000180. The third-order valence-electron chi connectivity index (χ3n) is 3.33. The summed E-state index contributed by atoms with van der Waals surface area (Å²) in [6.07, 6.45) is 0.428. The molecule has 0 bridgehead atoms. The molecule has 3 nitrogen and oxygen atoms in total. The topological polar surface area (TPSA) is 32.3 Å². The molecule has 0 saturated carbocycles. The fourth-order valence-corrected chi connectivity index (χ4v) is 2.51. The van der Waals surface area contributed by atoms with Crippen LogP contribution in [0.5, 0.6) is 0 Å². The summed E-state index contributed by atoms with van der Waals surface area (Å²) in [4.78, 5) is 14.3. The van der Waals surface area contributed by atoms with E-state index in [9.17, 15) is 4.79 Å². The number of hydrogen-bond donors (Lipinski definition) is 1. The molecule has 2 atom stereocenters. The van der Waals surface area contributed by atoms with Crippen LogP contribution >= 0.6 is 24.0 Å². The Morgan fingerprint density at radius 3 is 2.89 bits per heavy atom. The molecule has 1 aromatic carbocycles. The maximum Gasteiger partial charge on any atom is 0.227 e. The highest BCUT2D eigenvalue weighted by molar-refractivity contribution is 6.30. The average Bonchev–Trinajstić information content (AvgIpc) is 2.32. The number of piperazine rings is 1. The van der Waals surface area contributed by atoms with Crippen LogP contribution < -0.4 is 5.32 Å². The van der Waals surface area contributed by atoms with Crippen LogP contribution in [0.3, 0.4) is 0 Å². The Bertz CT molecular complexity index is 439. The summed E-state index contributed by atoms with van der Waals surface area (Å²) in [5.74, 6) is 0.179. The van der Waals surface area contributed by atoms with Crippen molar-refractivity contribution in [3.8, 4) is 0 Å². The Morgan fingerprint density at radius 2 is 2.21 bits per heavy atom. The summed E-state index contributed by atoms with van der Waals surface area (Å²) in [6.45, 7) is 5.82. The third kappa shape index (κ3) is 4.37. The first kappa shape index (κ1) is 16.3. The highest BCUT2D eigenvalue weighted by atomic mass is 35.5. The molecule has 1 amide bonds. The number of carbonyl (C=O) groups excluding carboxylic acids is 1. The first-order valence-electron chi connectivity index (χ1n) is 6.33. The van der Waals surface area contributed by atoms with Crippen molar-refractivity contribution in [3.63, 3.8) is 0 Å². The molecule has 1 aromatic rings. The third-order valence-corrected chi connectivity index (χ3v) is 3.56. The van der Waals surface area contributed by atoms with E-state index in [0.717, 1.165) is 18.7 Å². The van der Waals surface area contributed by atoms with Crippen LogP contribution in [-0.2, 0) is 11.2 Å². The molecule has 1 heterocycles. The molecule has 1 N–H and O–H groups in total. The number of amides is 1. The van der Waals surface area contributed by atoms with E-state index >= 15 is 0 Å². The van der Waals surface area contributed by atoms with Crippen molar-refractivity contribution in [1.29, 1.82) is 0 Å². The quantitative estimate of drug-likeness (QED) is 0.910. The van der Waals surface area contributed by atoms with Crippen molar-refractivity contribution in [2.45, 2.75) is 32.4 Å². The van der Waals surface area contributed by atoms with E-state index in [1.165, 1.54) is 0 Å². The second-order valence-corrected chi connectivity index (χ2v) is 5.45. The van der Waals surface area contributed by atoms with E-state index in [0.29, 0.717) is 17.5 Å². The summed E-state index contributed by atoms with van der Waals surface area (Å²) in [7, 11) is 0. The van der Waals surface area contributed by atoms with Crippen LogP contribution in [0, 0.1) is 0 Å². The van der Waals surface area contributed by atoms with Gasteiger partial charge in [0, 0.05) is 30.2 Å². The summed E-state index contributed by atoms with van der Waals surface area (Å²) in [5.41, 5.74) is 0.978. The highest BCUT2D eigenvalue weighted by Crippen LogP contribution is 2.14. The van der Waals surface area contributed by atoms with Crippen LogP contribution in [0.1, 0.15) is 19.4 Å². The number of benzene rings is 1. The minimum atomic E-state index is 0. The lowest BCUT2D eigenvalue weighted by Gasteiger charge is -2.37. The molecule has 2 rings (SSSR count). The molecule has 19 heavy (non-hydrogen) atoms. The Kier molecular flexibility index (Phi) is 6.11. The molecule has 106 valence electrons. The van der Waals surface area contributed by atoms with Gasteiger partial charge in [-0.3, -0.25) is 4.79 Å². The predicted octanol–water partition coefficient (Wildman–Crippen LogP) is 2.51. The Labute approximate surface area is 125 Å². The summed E-state index contributed by atoms with van der Waals surface area (Å²) >= 11 is 5.93. The molecule has 1 saturated heterocycles. The summed E-state index contributed by atoms with van der Waals surface area (Å²) < 4.78 is 0. The molecular weight excluding hydrogens is 283 g/mol. The molecule has 0 aromatic heterocycles. The Morgan fingerprint density at radius 1 is 1.47 bits per heavy atom. The minimum absolute atomic E-state index is 0. The van der Waals surface area contributed by atoms with Gasteiger partial charge in [0.05, 0.1) is 6.42 Å². The van der Waals surface area contributed by atoms with E-state index in [4.69, 9.17) is 11.6 Å². The largest absolute Gasteiger partial charge is 0.337 e. The molecule has 5 heteroatoms. The zero-order valence-corrected chi connectivity index (χ0v) is 12.8. The predicted molar refractivity (Wildman–Crippen MR) is 81.0 cm³/mol. The van der Waals surface area contributed by atoms with Crippen LogP contribution in [-0.4, -0.2) is 36.0 Å². The van der Waals surface area contributed by atoms with Crippen molar-refractivity contribution >= 4 is 29.9 Å². The summed E-state index contributed by atoms with van der Waals surface area (Å²) in [5, 5.41) is 4.06. The molecule has 2 unspecified atom stereocenters. The van der Waals surface area contributed by atoms with Gasteiger partial charge in [0.1, 0.15) is 0 Å². The highest BCUT2D eigenvalue weighted by Gasteiger charge is 2.26. The van der Waals surface area contributed by atoms with Gasteiger partial charge in [0.25, 0.3) is 0 Å². The first-order chi connectivity index (χ1) is 8.56. The normalized spacial score (nSPS) is 22.8. The monoisotopic (exact) mass is 302 g/mol. The van der Waals surface area contributed by atoms with Crippen molar-refractivity contribution < 1.29 is 4.79 Å². The van der Waals surface area contributed by atoms with Crippen LogP contribution in [0.4, 0.5) is 0 Å². The number of carbonyl (C=O) groups is 1. The SMILES string of the molecule is CC1CN(C(=O)Cc2cccc(Cl)c2)C(C)CN1.Cl. The van der Waals surface area contributed by atoms with E-state index in [-0.39, 0.29) is 24.4 Å². The van der Waals surface area contributed by atoms with Crippen molar-refractivity contribution in [2.75, 3.05) is 13.1 Å². The molecule has 0 aliphatic carbocycles. The van der Waals surface area contributed by atoms with Crippen LogP contribution in [0.2, 0.25) is 5.02 Å². The first-order valence-corrected chi connectivity index (χ1v) is 6.71. The summed E-state index contributed by atoms with van der Waals surface area (Å²) in [6, 6.07) is 8.13. The number of nitrogens with one attached hydrogen (secondary N) is 1. The zero-order valence-electron chi connectivity index (χ0n) is 11.2. The van der Waals surface area contributed by atoms with Gasteiger partial charge in [-0.15, -0.1) is 12.4 Å². The van der Waals surface area contributed by atoms with Gasteiger partial charge in [0.15, 0.2) is 0 Å². The van der Waals surface area contributed by atoms with Crippen molar-refractivity contribution in [2.24, 2.45) is 0 Å². The van der Waals surface area contributed by atoms with Crippen molar-refractivity contribution in [3.05, 3.63) is 34.9 Å². The molecular formula is C14H20Cl2N2O. The molecule has 0 spiro atoms. The molecule has 1 aliphatic heterocycles. The van der Waals surface area contributed by atoms with Gasteiger partial charge in [-0.05, 0) is 31.5 Å². The average molecular weight is 303 g/mol. The molecule has 0 radical (unpaired) electrons. The number of rotatable bonds is 2. The molecule has 1 fully saturated rings. The lowest BCUT2D eigenvalue weighted by atomic mass is 10.1. The van der Waals surface area contributed by atoms with E-state index in [1.807, 2.05) is 29.2 Å². The standard InChI is InChI=1S/C14H19ClN2O.ClH/c1-10-9-17(11(2)8-16-10)14(18)7-12-4-3-5-13(15)6-12;/h3-6,10-11,16H,7-9H2,1-2H3;1H. The number of halogens is 2. The zero-order chi connectivity index (χ0) is 13.1. The lowest BCUT2D eigenvalue weighted by molar-refractivity contribution is -0.133. The van der Waals surface area contributed by atoms with Gasteiger partial charge in [-0.1, -0.05) is 23.7 Å². The van der Waals surface area contributed by atoms with Gasteiger partial charge in [-0.25, -0.2) is 0 Å². The maximum absolute atomic E-state index is 12.3. The fourth-order valence-electron chi connectivity index (χ4n) is 2.29. The van der Waals surface area contributed by atoms with E-state index in [2.05, 4.69) is 19.2 Å². The van der Waals surface area contributed by atoms with Crippen LogP contribution in [0.15, 0.2) is 24.3 Å². The number of nitrogens with zero attached hydrogens (tertiary/aromatic N) is 1. The van der Waals surface area contributed by atoms with Gasteiger partial charge in [0.2, 0.25) is 5.91 Å². The minimum Gasteiger partial charge on any atom is -0.337 e. The van der Waals surface area contributed by atoms with E-state index in [1.54, 1.807) is 0 Å². The fraction of sp³-hybridized carbons (Fsp3) is 0.500. The Hall–Kier alpha value is -0.770. The van der Waals surface area contributed by atoms with Gasteiger partial charge in [-0.2, -0.15) is 0 Å². The van der Waals surface area contributed by atoms with Crippen molar-refractivity contribution in [1.82, 2.24) is 10.2 Å². The second kappa shape index (κ2) is 7.13.